The van der Waals surface area contributed by atoms with E-state index in [0.717, 1.165) is 43.6 Å². The van der Waals surface area contributed by atoms with E-state index in [9.17, 15) is 0 Å². The molecule has 0 unspecified atom stereocenters. The molecule has 0 amide bonds. The van der Waals surface area contributed by atoms with Gasteiger partial charge in [-0.3, -0.25) is 0 Å². The number of thiazole rings is 1. The van der Waals surface area contributed by atoms with Crippen LogP contribution in [0.4, 0.5) is 0 Å². The minimum absolute atomic E-state index is 0.724. The van der Waals surface area contributed by atoms with Crippen LogP contribution in [0.5, 0.6) is 0 Å². The molecule has 5 rings (SSSR count). The molecule has 3 heterocycles. The first-order valence-corrected chi connectivity index (χ1v) is 12.0. The number of benzene rings is 2. The number of aromatic nitrogens is 4. The van der Waals surface area contributed by atoms with Gasteiger partial charge in [0.1, 0.15) is 5.01 Å². The predicted octanol–water partition coefficient (Wildman–Crippen LogP) is 6.77. The summed E-state index contributed by atoms with van der Waals surface area (Å²) in [6, 6.07) is 16.2. The summed E-state index contributed by atoms with van der Waals surface area (Å²) in [4.78, 5) is 4.74. The zero-order chi connectivity index (χ0) is 19.8. The van der Waals surface area contributed by atoms with Gasteiger partial charge in [-0.15, -0.1) is 32.9 Å². The standard InChI is InChI=1S/C21H15ClN4S3/c1-26-19(16-12-27-18-9-5-3-6-14(16)18)24-25-21(26)29-11-13-10-28-20(23-13)15-7-2-4-8-17(15)22/h2-10,12H,11H2,1H3. The Balaban J connectivity index is 1.36. The molecule has 0 fully saturated rings. The van der Waals surface area contributed by atoms with Crippen LogP contribution in [0.3, 0.4) is 0 Å². The van der Waals surface area contributed by atoms with Gasteiger partial charge in [0.2, 0.25) is 0 Å². The Labute approximate surface area is 185 Å². The summed E-state index contributed by atoms with van der Waals surface area (Å²) in [5.41, 5.74) is 3.11. The SMILES string of the molecule is Cn1c(SCc2csc(-c3ccccc3Cl)n2)nnc1-c1csc2ccccc12. The largest absolute Gasteiger partial charge is 0.305 e. The van der Waals surface area contributed by atoms with E-state index >= 15 is 0 Å². The van der Waals surface area contributed by atoms with Crippen molar-refractivity contribution in [2.45, 2.75) is 10.9 Å². The summed E-state index contributed by atoms with van der Waals surface area (Å²) in [5.74, 6) is 1.62. The maximum absolute atomic E-state index is 6.30. The third kappa shape index (κ3) is 3.59. The normalized spacial score (nSPS) is 11.4. The molecule has 0 aliphatic rings. The van der Waals surface area contributed by atoms with Crippen molar-refractivity contribution in [2.24, 2.45) is 7.05 Å². The lowest BCUT2D eigenvalue weighted by Crippen LogP contribution is -1.94. The Hall–Kier alpha value is -2.19. The van der Waals surface area contributed by atoms with Gasteiger partial charge in [-0.05, 0) is 12.1 Å². The molecule has 5 aromatic rings. The second kappa shape index (κ2) is 7.91. The van der Waals surface area contributed by atoms with Crippen molar-refractivity contribution in [1.29, 1.82) is 0 Å². The van der Waals surface area contributed by atoms with Gasteiger partial charge < -0.3 is 4.57 Å². The first kappa shape index (κ1) is 18.8. The van der Waals surface area contributed by atoms with Gasteiger partial charge in [0.15, 0.2) is 11.0 Å². The molecule has 2 aromatic carbocycles. The minimum atomic E-state index is 0.724. The number of halogens is 1. The van der Waals surface area contributed by atoms with Gasteiger partial charge in [0, 0.05) is 44.8 Å². The van der Waals surface area contributed by atoms with E-state index < -0.39 is 0 Å². The number of rotatable bonds is 5. The lowest BCUT2D eigenvalue weighted by molar-refractivity contribution is 0.794. The van der Waals surface area contributed by atoms with Gasteiger partial charge >= 0.3 is 0 Å². The molecule has 0 spiro atoms. The summed E-state index contributed by atoms with van der Waals surface area (Å²) >= 11 is 11.3. The number of hydrogen-bond acceptors (Lipinski definition) is 6. The second-order valence-electron chi connectivity index (χ2n) is 6.42. The van der Waals surface area contributed by atoms with Crippen LogP contribution in [0.15, 0.2) is 64.4 Å². The monoisotopic (exact) mass is 454 g/mol. The average Bonchev–Trinajstić information content (AvgIpc) is 3.45. The fraction of sp³-hybridized carbons (Fsp3) is 0.0952. The Bertz CT molecular complexity index is 1300. The Morgan fingerprint density at radius 1 is 0.966 bits per heavy atom. The number of thioether (sulfide) groups is 1. The molecule has 144 valence electrons. The van der Waals surface area contributed by atoms with Crippen LogP contribution in [0.2, 0.25) is 5.02 Å². The predicted molar refractivity (Wildman–Crippen MR) is 124 cm³/mol. The van der Waals surface area contributed by atoms with Gasteiger partial charge in [-0.2, -0.15) is 0 Å². The molecule has 4 nitrogen and oxygen atoms in total. The van der Waals surface area contributed by atoms with Crippen molar-refractivity contribution in [1.82, 2.24) is 19.7 Å². The van der Waals surface area contributed by atoms with Crippen molar-refractivity contribution in [3.8, 4) is 22.0 Å². The lowest BCUT2D eigenvalue weighted by atomic mass is 10.2. The highest BCUT2D eigenvalue weighted by atomic mass is 35.5. The van der Waals surface area contributed by atoms with Crippen molar-refractivity contribution < 1.29 is 0 Å². The van der Waals surface area contributed by atoms with E-state index in [0.29, 0.717) is 0 Å². The van der Waals surface area contributed by atoms with Gasteiger partial charge in [0.25, 0.3) is 0 Å². The summed E-state index contributed by atoms with van der Waals surface area (Å²) in [6.45, 7) is 0. The third-order valence-corrected chi connectivity index (χ3v) is 7.83. The molecule has 0 aliphatic heterocycles. The zero-order valence-corrected chi connectivity index (χ0v) is 18.6. The van der Waals surface area contributed by atoms with E-state index in [2.05, 4.69) is 49.8 Å². The molecule has 3 aromatic heterocycles. The second-order valence-corrected chi connectivity index (χ2v) is 9.54. The summed E-state index contributed by atoms with van der Waals surface area (Å²) in [7, 11) is 2.01. The Kier molecular flexibility index (Phi) is 5.13. The molecule has 0 bridgehead atoms. The van der Waals surface area contributed by atoms with Crippen molar-refractivity contribution >= 4 is 56.1 Å². The van der Waals surface area contributed by atoms with E-state index in [4.69, 9.17) is 16.6 Å². The molecule has 0 saturated heterocycles. The van der Waals surface area contributed by atoms with Crippen molar-refractivity contribution in [3.63, 3.8) is 0 Å². The number of hydrogen-bond donors (Lipinski definition) is 0. The molecule has 0 N–H and O–H groups in total. The summed E-state index contributed by atoms with van der Waals surface area (Å²) in [6.07, 6.45) is 0. The molecule has 0 atom stereocenters. The number of thiophene rings is 1. The smallest absolute Gasteiger partial charge is 0.191 e. The highest BCUT2D eigenvalue weighted by molar-refractivity contribution is 7.98. The summed E-state index contributed by atoms with van der Waals surface area (Å²) < 4.78 is 3.31. The van der Waals surface area contributed by atoms with Crippen LogP contribution in [-0.2, 0) is 12.8 Å². The van der Waals surface area contributed by atoms with Crippen LogP contribution < -0.4 is 0 Å². The third-order valence-electron chi connectivity index (χ3n) is 4.56. The van der Waals surface area contributed by atoms with Crippen LogP contribution in [-0.4, -0.2) is 19.7 Å². The molecular weight excluding hydrogens is 440 g/mol. The highest BCUT2D eigenvalue weighted by Gasteiger charge is 2.16. The van der Waals surface area contributed by atoms with Crippen LogP contribution in [0, 0.1) is 0 Å². The highest BCUT2D eigenvalue weighted by Crippen LogP contribution is 2.35. The van der Waals surface area contributed by atoms with E-state index in [-0.39, 0.29) is 0 Å². The molecule has 0 radical (unpaired) electrons. The molecule has 0 saturated carbocycles. The first-order chi connectivity index (χ1) is 14.2. The number of nitrogens with zero attached hydrogens (tertiary/aromatic N) is 4. The summed E-state index contributed by atoms with van der Waals surface area (Å²) in [5, 5.41) is 16.8. The number of fused-ring (bicyclic) bond motifs is 1. The minimum Gasteiger partial charge on any atom is -0.305 e. The quantitative estimate of drug-likeness (QED) is 0.275. The molecule has 0 aliphatic carbocycles. The molecule has 29 heavy (non-hydrogen) atoms. The maximum atomic E-state index is 6.30. The van der Waals surface area contributed by atoms with Crippen molar-refractivity contribution in [2.75, 3.05) is 0 Å². The topological polar surface area (TPSA) is 43.6 Å². The molecule has 8 heteroatoms. The fourth-order valence-corrected chi connectivity index (χ4v) is 6.08. The van der Waals surface area contributed by atoms with Crippen LogP contribution in [0.1, 0.15) is 5.69 Å². The zero-order valence-electron chi connectivity index (χ0n) is 15.4. The fourth-order valence-electron chi connectivity index (χ4n) is 3.10. The van der Waals surface area contributed by atoms with Crippen LogP contribution in [0.25, 0.3) is 32.0 Å². The van der Waals surface area contributed by atoms with E-state index in [1.54, 1.807) is 34.4 Å². The van der Waals surface area contributed by atoms with Gasteiger partial charge in [-0.1, -0.05) is 59.8 Å². The van der Waals surface area contributed by atoms with Crippen molar-refractivity contribution in [3.05, 3.63) is 70.0 Å². The Morgan fingerprint density at radius 3 is 2.69 bits per heavy atom. The average molecular weight is 455 g/mol. The van der Waals surface area contributed by atoms with Gasteiger partial charge in [-0.25, -0.2) is 4.98 Å². The molecular formula is C21H15ClN4S3. The van der Waals surface area contributed by atoms with Gasteiger partial charge in [0.05, 0.1) is 10.7 Å². The lowest BCUT2D eigenvalue weighted by Gasteiger charge is -2.02. The maximum Gasteiger partial charge on any atom is 0.191 e. The van der Waals surface area contributed by atoms with Crippen LogP contribution >= 0.6 is 46.0 Å². The van der Waals surface area contributed by atoms with E-state index in [1.165, 1.54) is 10.1 Å². The Morgan fingerprint density at radius 2 is 1.79 bits per heavy atom. The van der Waals surface area contributed by atoms with E-state index in [1.807, 2.05) is 31.3 Å². The first-order valence-electron chi connectivity index (χ1n) is 8.89.